The van der Waals surface area contributed by atoms with E-state index in [9.17, 15) is 13.2 Å². The molecule has 16 heavy (non-hydrogen) atoms. The molecule has 0 heterocycles. The lowest BCUT2D eigenvalue weighted by Gasteiger charge is -2.18. The van der Waals surface area contributed by atoms with E-state index in [2.05, 4.69) is 15.9 Å². The molecule has 0 bridgehead atoms. The van der Waals surface area contributed by atoms with Crippen molar-refractivity contribution >= 4 is 54.1 Å². The van der Waals surface area contributed by atoms with Crippen molar-refractivity contribution in [3.8, 4) is 0 Å². The third kappa shape index (κ3) is 2.65. The number of sulfone groups is 1. The molecule has 1 aromatic carbocycles. The highest BCUT2D eigenvalue weighted by atomic mass is 127. The molecule has 0 aliphatic carbocycles. The van der Waals surface area contributed by atoms with Gasteiger partial charge in [-0.25, -0.2) is 8.42 Å². The van der Waals surface area contributed by atoms with Crippen molar-refractivity contribution in [1.29, 1.82) is 0 Å². The highest BCUT2D eigenvalue weighted by Crippen LogP contribution is 2.37. The molecule has 0 N–H and O–H groups in total. The van der Waals surface area contributed by atoms with Gasteiger partial charge in [-0.05, 0) is 38.5 Å². The molecule has 0 saturated heterocycles. The first kappa shape index (κ1) is 14.1. The smallest absolute Gasteiger partial charge is 0.239 e. The Morgan fingerprint density at radius 1 is 1.38 bits per heavy atom. The van der Waals surface area contributed by atoms with Crippen LogP contribution in [0.15, 0.2) is 30.3 Å². The van der Waals surface area contributed by atoms with Crippen molar-refractivity contribution in [3.05, 3.63) is 35.9 Å². The first-order valence-electron chi connectivity index (χ1n) is 4.53. The van der Waals surface area contributed by atoms with Gasteiger partial charge in [0.25, 0.3) is 0 Å². The quantitative estimate of drug-likeness (QED) is 0.430. The third-order valence-electron chi connectivity index (χ3n) is 2.07. The van der Waals surface area contributed by atoms with Crippen molar-refractivity contribution in [2.75, 3.05) is 5.75 Å². The Hall–Kier alpha value is 0.0500. The van der Waals surface area contributed by atoms with E-state index < -0.39 is 17.3 Å². The van der Waals surface area contributed by atoms with Gasteiger partial charge in [0.15, 0.2) is 9.84 Å². The molecular weight excluding hydrogens is 407 g/mol. The van der Waals surface area contributed by atoms with Gasteiger partial charge in [0, 0.05) is 5.56 Å². The normalized spacial score (nSPS) is 15.4. The third-order valence-corrected chi connectivity index (χ3v) is 8.14. The molecule has 1 unspecified atom stereocenters. The zero-order chi connectivity index (χ0) is 12.4. The van der Waals surface area contributed by atoms with E-state index in [1.54, 1.807) is 52.9 Å². The number of hydrogen-bond donors (Lipinski definition) is 0. The SMILES string of the molecule is CCS(=O)(=O)C(Br)(I)C(=O)c1ccccc1. The number of Topliss-reactive ketones (excluding diaryl/α,β-unsaturated/α-hetero) is 1. The fourth-order valence-corrected chi connectivity index (χ4v) is 4.00. The van der Waals surface area contributed by atoms with Crippen LogP contribution in [0.2, 0.25) is 0 Å². The van der Waals surface area contributed by atoms with Gasteiger partial charge < -0.3 is 0 Å². The van der Waals surface area contributed by atoms with Crippen molar-refractivity contribution in [2.24, 2.45) is 0 Å². The first-order chi connectivity index (χ1) is 7.33. The molecular formula is C10H10BrIO3S. The number of alkyl halides is 2. The number of halogens is 2. The van der Waals surface area contributed by atoms with E-state index in [1.807, 2.05) is 0 Å². The molecule has 0 aliphatic heterocycles. The summed E-state index contributed by atoms with van der Waals surface area (Å²) in [6.07, 6.45) is 0. The van der Waals surface area contributed by atoms with Crippen LogP contribution in [0.25, 0.3) is 0 Å². The van der Waals surface area contributed by atoms with Crippen molar-refractivity contribution < 1.29 is 13.2 Å². The minimum Gasteiger partial charge on any atom is -0.290 e. The van der Waals surface area contributed by atoms with Crippen LogP contribution >= 0.6 is 38.5 Å². The van der Waals surface area contributed by atoms with E-state index in [0.29, 0.717) is 5.56 Å². The van der Waals surface area contributed by atoms with Gasteiger partial charge in [0.1, 0.15) is 0 Å². The van der Waals surface area contributed by atoms with E-state index in [4.69, 9.17) is 0 Å². The molecule has 1 rings (SSSR count). The van der Waals surface area contributed by atoms with Gasteiger partial charge in [0.2, 0.25) is 7.45 Å². The maximum Gasteiger partial charge on any atom is 0.239 e. The molecule has 0 fully saturated rings. The van der Waals surface area contributed by atoms with Crippen molar-refractivity contribution in [2.45, 2.75) is 8.59 Å². The van der Waals surface area contributed by atoms with Crippen LogP contribution in [0.1, 0.15) is 17.3 Å². The number of ketones is 1. The topological polar surface area (TPSA) is 51.2 Å². The first-order valence-corrected chi connectivity index (χ1v) is 8.05. The second-order valence-electron chi connectivity index (χ2n) is 3.12. The second kappa shape index (κ2) is 5.14. The van der Waals surface area contributed by atoms with Crippen LogP contribution in [0, 0.1) is 0 Å². The van der Waals surface area contributed by atoms with Crippen molar-refractivity contribution in [1.82, 2.24) is 0 Å². The summed E-state index contributed by atoms with van der Waals surface area (Å²) in [6.45, 7) is 1.52. The van der Waals surface area contributed by atoms with Gasteiger partial charge in [0.05, 0.1) is 5.75 Å². The molecule has 3 nitrogen and oxygen atoms in total. The fourth-order valence-electron chi connectivity index (χ4n) is 1.08. The number of hydrogen-bond acceptors (Lipinski definition) is 3. The molecule has 88 valence electrons. The van der Waals surface area contributed by atoms with Gasteiger partial charge in [-0.3, -0.25) is 4.79 Å². The van der Waals surface area contributed by atoms with E-state index in [1.165, 1.54) is 6.92 Å². The zero-order valence-electron chi connectivity index (χ0n) is 8.48. The molecule has 0 aliphatic rings. The summed E-state index contributed by atoms with van der Waals surface area (Å²) >= 11 is 4.64. The van der Waals surface area contributed by atoms with E-state index >= 15 is 0 Å². The summed E-state index contributed by atoms with van der Waals surface area (Å²) in [7, 11) is -3.49. The summed E-state index contributed by atoms with van der Waals surface area (Å²) in [5, 5.41) is 0. The van der Waals surface area contributed by atoms with Gasteiger partial charge in [-0.2, -0.15) is 0 Å². The maximum absolute atomic E-state index is 12.0. The lowest BCUT2D eigenvalue weighted by molar-refractivity contribution is 0.101. The van der Waals surface area contributed by atoms with Gasteiger partial charge in [-0.15, -0.1) is 0 Å². The zero-order valence-corrected chi connectivity index (χ0v) is 13.0. The number of rotatable bonds is 4. The Kier molecular flexibility index (Phi) is 4.53. The van der Waals surface area contributed by atoms with Crippen LogP contribution < -0.4 is 0 Å². The Morgan fingerprint density at radius 3 is 2.31 bits per heavy atom. The summed E-state index contributed by atoms with van der Waals surface area (Å²) < 4.78 is 21.9. The summed E-state index contributed by atoms with van der Waals surface area (Å²) in [6, 6.07) is 8.37. The predicted octanol–water partition coefficient (Wildman–Crippen LogP) is 2.79. The minimum absolute atomic E-state index is 0.0836. The average molecular weight is 417 g/mol. The number of carbonyl (C=O) groups excluding carboxylic acids is 1. The van der Waals surface area contributed by atoms with E-state index in [-0.39, 0.29) is 5.75 Å². The molecule has 1 aromatic rings. The summed E-state index contributed by atoms with van der Waals surface area (Å²) in [5.74, 6) is -0.532. The largest absolute Gasteiger partial charge is 0.290 e. The molecule has 0 spiro atoms. The fraction of sp³-hybridized carbons (Fsp3) is 0.300. The maximum atomic E-state index is 12.0. The molecule has 6 heteroatoms. The number of carbonyl (C=O) groups is 1. The molecule has 1 atom stereocenters. The van der Waals surface area contributed by atoms with Crippen LogP contribution in [0.3, 0.4) is 0 Å². The molecule has 0 radical (unpaired) electrons. The Bertz CT molecular complexity index is 482. The molecule has 0 amide bonds. The minimum atomic E-state index is -3.49. The standard InChI is InChI=1S/C10H10BrIO3S/c1-2-16(14,15)10(11,12)9(13)8-6-4-3-5-7-8/h3-7H,2H2,1H3. The van der Waals surface area contributed by atoms with Gasteiger partial charge in [-0.1, -0.05) is 37.3 Å². The molecule has 0 aromatic heterocycles. The number of benzene rings is 1. The highest BCUT2D eigenvalue weighted by molar-refractivity contribution is 14.1. The van der Waals surface area contributed by atoms with Crippen LogP contribution in [-0.4, -0.2) is 21.6 Å². The summed E-state index contributed by atoms with van der Waals surface area (Å²) in [5.41, 5.74) is 0.380. The summed E-state index contributed by atoms with van der Waals surface area (Å²) in [4.78, 5) is 12.0. The lowest BCUT2D eigenvalue weighted by Crippen LogP contribution is -2.35. The van der Waals surface area contributed by atoms with Crippen LogP contribution in [0.5, 0.6) is 0 Å². The van der Waals surface area contributed by atoms with Crippen molar-refractivity contribution in [3.63, 3.8) is 0 Å². The van der Waals surface area contributed by atoms with Crippen LogP contribution in [-0.2, 0) is 9.84 Å². The lowest BCUT2D eigenvalue weighted by atomic mass is 10.2. The second-order valence-corrected chi connectivity index (χ2v) is 11.1. The molecule has 0 saturated carbocycles. The monoisotopic (exact) mass is 416 g/mol. The Morgan fingerprint density at radius 2 is 1.88 bits per heavy atom. The average Bonchev–Trinajstić information content (AvgIpc) is 2.29. The highest BCUT2D eigenvalue weighted by Gasteiger charge is 2.44. The van der Waals surface area contributed by atoms with E-state index in [0.717, 1.165) is 0 Å². The predicted molar refractivity (Wildman–Crippen MR) is 75.9 cm³/mol. The van der Waals surface area contributed by atoms with Crippen LogP contribution in [0.4, 0.5) is 0 Å². The Balaban J connectivity index is 3.17. The van der Waals surface area contributed by atoms with Gasteiger partial charge >= 0.3 is 0 Å². The Labute approximate surface area is 117 Å².